The molecule has 2 rings (SSSR count). The van der Waals surface area contributed by atoms with E-state index in [1.54, 1.807) is 6.07 Å². The quantitative estimate of drug-likeness (QED) is 0.856. The summed E-state index contributed by atoms with van der Waals surface area (Å²) in [5.74, 6) is -0.243. The summed E-state index contributed by atoms with van der Waals surface area (Å²) in [6, 6.07) is 6.44. The first-order valence-corrected chi connectivity index (χ1v) is 6.48. The van der Waals surface area contributed by atoms with Crippen LogP contribution in [-0.2, 0) is 6.42 Å². The van der Waals surface area contributed by atoms with Gasteiger partial charge < -0.3 is 5.32 Å². The molecule has 0 bridgehead atoms. The third kappa shape index (κ3) is 3.27. The van der Waals surface area contributed by atoms with Gasteiger partial charge in [-0.3, -0.25) is 4.79 Å². The van der Waals surface area contributed by atoms with Crippen molar-refractivity contribution in [1.82, 2.24) is 4.98 Å². The predicted octanol–water partition coefficient (Wildman–Crippen LogP) is 3.40. The van der Waals surface area contributed by atoms with Crippen molar-refractivity contribution in [3.8, 4) is 0 Å². The first-order valence-electron chi connectivity index (χ1n) is 5.29. The molecule has 0 atom stereocenters. The lowest BCUT2D eigenvalue weighted by Gasteiger charge is -2.02. The zero-order chi connectivity index (χ0) is 13.0. The maximum atomic E-state index is 12.9. The van der Waals surface area contributed by atoms with Crippen LogP contribution in [0.4, 0.5) is 9.52 Å². The van der Waals surface area contributed by atoms with Gasteiger partial charge in [0.05, 0.1) is 0 Å². The summed E-state index contributed by atoms with van der Waals surface area (Å²) in [5.41, 5.74) is 0.903. The number of nitrogens with one attached hydrogen (secondary N) is 1. The average molecular weight is 285 g/mol. The van der Waals surface area contributed by atoms with Gasteiger partial charge in [-0.15, -0.1) is 0 Å². The maximum absolute atomic E-state index is 12.9. The Bertz CT molecular complexity index is 559. The lowest BCUT2D eigenvalue weighted by atomic mass is 10.1. The normalized spacial score (nSPS) is 10.3. The van der Waals surface area contributed by atoms with Gasteiger partial charge in [-0.05, 0) is 24.1 Å². The van der Waals surface area contributed by atoms with Gasteiger partial charge in [-0.1, -0.05) is 35.1 Å². The van der Waals surface area contributed by atoms with Crippen molar-refractivity contribution < 1.29 is 9.18 Å². The van der Waals surface area contributed by atoms with Crippen LogP contribution in [0.25, 0.3) is 0 Å². The van der Waals surface area contributed by atoms with Crippen molar-refractivity contribution in [3.05, 3.63) is 45.7 Å². The van der Waals surface area contributed by atoms with Gasteiger partial charge in [0.25, 0.3) is 0 Å². The summed E-state index contributed by atoms with van der Waals surface area (Å²) in [4.78, 5) is 15.0. The Morgan fingerprint density at radius 2 is 2.33 bits per heavy atom. The van der Waals surface area contributed by atoms with E-state index in [4.69, 9.17) is 11.6 Å². The smallest absolute Gasteiger partial charge is 0.184 e. The van der Waals surface area contributed by atoms with Crippen LogP contribution >= 0.6 is 22.9 Å². The molecule has 0 aliphatic rings. The Kier molecular flexibility index (Phi) is 4.28. The molecule has 94 valence electrons. The van der Waals surface area contributed by atoms with Gasteiger partial charge in [0.1, 0.15) is 10.7 Å². The first kappa shape index (κ1) is 13.0. The third-order valence-electron chi connectivity index (χ3n) is 2.30. The molecule has 3 nitrogen and oxygen atoms in total. The van der Waals surface area contributed by atoms with Crippen LogP contribution in [0.1, 0.15) is 15.2 Å². The lowest BCUT2D eigenvalue weighted by Crippen LogP contribution is -2.04. The molecule has 0 aliphatic carbocycles. The number of carbonyl (C=O) groups is 1. The number of benzene rings is 1. The topological polar surface area (TPSA) is 42.0 Å². The Labute approximate surface area is 113 Å². The fourth-order valence-electron chi connectivity index (χ4n) is 1.47. The second-order valence-corrected chi connectivity index (χ2v) is 4.99. The summed E-state index contributed by atoms with van der Waals surface area (Å²) in [7, 11) is 0. The molecule has 6 heteroatoms. The fraction of sp³-hybridized carbons (Fsp3) is 0.167. The molecule has 0 aliphatic heterocycles. The zero-order valence-corrected chi connectivity index (χ0v) is 10.9. The van der Waals surface area contributed by atoms with E-state index in [9.17, 15) is 9.18 Å². The lowest BCUT2D eigenvalue weighted by molar-refractivity contribution is 0.112. The molecule has 0 unspecified atom stereocenters. The summed E-state index contributed by atoms with van der Waals surface area (Å²) < 4.78 is 12.9. The Morgan fingerprint density at radius 1 is 1.50 bits per heavy atom. The number of hydrogen-bond acceptors (Lipinski definition) is 4. The van der Waals surface area contributed by atoms with E-state index in [0.29, 0.717) is 29.3 Å². The number of thiazole rings is 1. The van der Waals surface area contributed by atoms with Gasteiger partial charge in [0.2, 0.25) is 0 Å². The van der Waals surface area contributed by atoms with Crippen LogP contribution in [0.15, 0.2) is 24.3 Å². The molecule has 1 heterocycles. The molecular formula is C12H10ClFN2OS. The van der Waals surface area contributed by atoms with E-state index in [1.807, 2.05) is 6.07 Å². The monoisotopic (exact) mass is 284 g/mol. The number of anilines is 1. The summed E-state index contributed by atoms with van der Waals surface area (Å²) in [6.45, 7) is 0.603. The highest BCUT2D eigenvalue weighted by atomic mass is 35.5. The van der Waals surface area contributed by atoms with Crippen LogP contribution in [0.3, 0.4) is 0 Å². The number of halogens is 2. The van der Waals surface area contributed by atoms with Crippen LogP contribution in [0.5, 0.6) is 0 Å². The number of hydrogen-bond donors (Lipinski definition) is 1. The van der Waals surface area contributed by atoms with E-state index in [1.165, 1.54) is 23.5 Å². The van der Waals surface area contributed by atoms with E-state index < -0.39 is 0 Å². The predicted molar refractivity (Wildman–Crippen MR) is 71.1 cm³/mol. The van der Waals surface area contributed by atoms with Crippen LogP contribution < -0.4 is 5.32 Å². The zero-order valence-electron chi connectivity index (χ0n) is 9.32. The highest BCUT2D eigenvalue weighted by Gasteiger charge is 2.07. The molecule has 1 aromatic heterocycles. The van der Waals surface area contributed by atoms with Crippen molar-refractivity contribution in [2.24, 2.45) is 0 Å². The second kappa shape index (κ2) is 5.93. The first-order chi connectivity index (χ1) is 8.69. The van der Waals surface area contributed by atoms with Gasteiger partial charge in [0, 0.05) is 6.54 Å². The van der Waals surface area contributed by atoms with E-state index in [-0.39, 0.29) is 11.0 Å². The van der Waals surface area contributed by atoms with Crippen LogP contribution in [0, 0.1) is 5.82 Å². The van der Waals surface area contributed by atoms with Gasteiger partial charge >= 0.3 is 0 Å². The van der Waals surface area contributed by atoms with Gasteiger partial charge in [-0.25, -0.2) is 9.37 Å². The third-order valence-corrected chi connectivity index (χ3v) is 3.63. The number of carbonyl (C=O) groups excluding carboxylic acids is 1. The Hall–Kier alpha value is -1.46. The molecule has 2 aromatic rings. The minimum absolute atomic E-state index is 0.211. The number of aldehydes is 1. The average Bonchev–Trinajstić information content (AvgIpc) is 2.70. The SMILES string of the molecule is O=Cc1sc(NCCc2cccc(F)c2)nc1Cl. The summed E-state index contributed by atoms with van der Waals surface area (Å²) >= 11 is 6.94. The number of rotatable bonds is 5. The number of aromatic nitrogens is 1. The maximum Gasteiger partial charge on any atom is 0.184 e. The van der Waals surface area contributed by atoms with Crippen LogP contribution in [0.2, 0.25) is 5.15 Å². The van der Waals surface area contributed by atoms with Crippen molar-refractivity contribution in [2.45, 2.75) is 6.42 Å². The van der Waals surface area contributed by atoms with Gasteiger partial charge in [-0.2, -0.15) is 0 Å². The molecule has 0 fully saturated rings. The molecule has 0 spiro atoms. The second-order valence-electron chi connectivity index (χ2n) is 3.60. The van der Waals surface area contributed by atoms with Crippen LogP contribution in [-0.4, -0.2) is 17.8 Å². The minimum Gasteiger partial charge on any atom is -0.361 e. The van der Waals surface area contributed by atoms with Crippen molar-refractivity contribution in [1.29, 1.82) is 0 Å². The molecule has 0 radical (unpaired) electrons. The largest absolute Gasteiger partial charge is 0.361 e. The minimum atomic E-state index is -0.243. The van der Waals surface area contributed by atoms with Crippen molar-refractivity contribution >= 4 is 34.4 Å². The fourth-order valence-corrected chi connectivity index (χ4v) is 2.46. The van der Waals surface area contributed by atoms with E-state index in [2.05, 4.69) is 10.3 Å². The molecule has 0 saturated heterocycles. The molecule has 1 aromatic carbocycles. The number of nitrogens with zero attached hydrogens (tertiary/aromatic N) is 1. The summed E-state index contributed by atoms with van der Waals surface area (Å²) in [6.07, 6.45) is 1.35. The Balaban J connectivity index is 1.90. The molecule has 18 heavy (non-hydrogen) atoms. The summed E-state index contributed by atoms with van der Waals surface area (Å²) in [5, 5.41) is 3.86. The highest BCUT2D eigenvalue weighted by molar-refractivity contribution is 7.17. The van der Waals surface area contributed by atoms with E-state index >= 15 is 0 Å². The molecule has 0 amide bonds. The van der Waals surface area contributed by atoms with Crippen molar-refractivity contribution in [3.63, 3.8) is 0 Å². The molecule has 0 saturated carbocycles. The molecule has 1 N–H and O–H groups in total. The highest BCUT2D eigenvalue weighted by Crippen LogP contribution is 2.24. The van der Waals surface area contributed by atoms with E-state index in [0.717, 1.165) is 5.56 Å². The molecular weight excluding hydrogens is 275 g/mol. The standard InChI is InChI=1S/C12H10ClFN2OS/c13-11-10(7-17)18-12(16-11)15-5-4-8-2-1-3-9(14)6-8/h1-3,6-7H,4-5H2,(H,15,16). The van der Waals surface area contributed by atoms with Crippen molar-refractivity contribution in [2.75, 3.05) is 11.9 Å². The van der Waals surface area contributed by atoms with Gasteiger partial charge in [0.15, 0.2) is 16.6 Å². The Morgan fingerprint density at radius 3 is 3.00 bits per heavy atom.